The molecule has 2 rings (SSSR count). The van der Waals surface area contributed by atoms with Gasteiger partial charge in [0.15, 0.2) is 0 Å². The first-order chi connectivity index (χ1) is 7.83. The molecule has 1 aromatic carbocycles. The quantitative estimate of drug-likeness (QED) is 0.885. The minimum atomic E-state index is 0.574. The fourth-order valence-electron chi connectivity index (χ4n) is 1.59. The number of halogens is 1. The van der Waals surface area contributed by atoms with Crippen molar-refractivity contribution < 1.29 is 0 Å². The molecule has 2 N–H and O–H groups in total. The third-order valence-electron chi connectivity index (χ3n) is 2.33. The molecule has 1 aromatic heterocycles. The summed E-state index contributed by atoms with van der Waals surface area (Å²) in [6.07, 6.45) is 4.07. The lowest BCUT2D eigenvalue weighted by Gasteiger charge is -2.08. The molecule has 0 aliphatic carbocycles. The molecular formula is C12H12ClN3. The summed E-state index contributed by atoms with van der Waals surface area (Å²) >= 11 is 6.14. The molecule has 0 fully saturated rings. The van der Waals surface area contributed by atoms with Crippen molar-refractivity contribution in [2.45, 2.75) is 6.42 Å². The summed E-state index contributed by atoms with van der Waals surface area (Å²) in [4.78, 5) is 8.29. The molecule has 1 heterocycles. The van der Waals surface area contributed by atoms with E-state index in [2.05, 4.69) is 9.97 Å². The predicted molar refractivity (Wildman–Crippen MR) is 65.2 cm³/mol. The fraction of sp³-hybridized carbons (Fsp3) is 0.167. The Morgan fingerprint density at radius 3 is 2.81 bits per heavy atom. The maximum atomic E-state index is 6.14. The van der Waals surface area contributed by atoms with Crippen molar-refractivity contribution in [2.24, 2.45) is 5.73 Å². The van der Waals surface area contributed by atoms with E-state index in [1.165, 1.54) is 6.33 Å². The van der Waals surface area contributed by atoms with Crippen molar-refractivity contribution in [1.82, 2.24) is 9.97 Å². The second-order valence-corrected chi connectivity index (χ2v) is 3.82. The van der Waals surface area contributed by atoms with Crippen molar-refractivity contribution in [3.05, 3.63) is 47.4 Å². The van der Waals surface area contributed by atoms with Gasteiger partial charge in [-0.05, 0) is 24.6 Å². The second kappa shape index (κ2) is 5.05. The van der Waals surface area contributed by atoms with Crippen molar-refractivity contribution >= 4 is 11.6 Å². The predicted octanol–water partition coefficient (Wildman–Crippen LogP) is 2.30. The third-order valence-corrected chi connectivity index (χ3v) is 2.66. The first-order valence-electron chi connectivity index (χ1n) is 5.07. The van der Waals surface area contributed by atoms with E-state index in [4.69, 9.17) is 17.3 Å². The van der Waals surface area contributed by atoms with Gasteiger partial charge in [-0.15, -0.1) is 0 Å². The van der Waals surface area contributed by atoms with Crippen LogP contribution in [0.25, 0.3) is 11.3 Å². The Morgan fingerprint density at radius 2 is 2.06 bits per heavy atom. The minimum absolute atomic E-state index is 0.574. The van der Waals surface area contributed by atoms with Crippen LogP contribution in [0.1, 0.15) is 5.56 Å². The number of hydrogen-bond acceptors (Lipinski definition) is 3. The second-order valence-electron chi connectivity index (χ2n) is 3.42. The molecule has 0 radical (unpaired) electrons. The van der Waals surface area contributed by atoms with Crippen LogP contribution >= 0.6 is 11.6 Å². The van der Waals surface area contributed by atoms with Crippen LogP contribution in [-0.2, 0) is 6.42 Å². The minimum Gasteiger partial charge on any atom is -0.330 e. The molecule has 4 heteroatoms. The van der Waals surface area contributed by atoms with Crippen LogP contribution in [-0.4, -0.2) is 16.5 Å². The van der Waals surface area contributed by atoms with E-state index < -0.39 is 0 Å². The van der Waals surface area contributed by atoms with Gasteiger partial charge in [0.25, 0.3) is 0 Å². The van der Waals surface area contributed by atoms with Crippen LogP contribution in [0.15, 0.2) is 36.8 Å². The topological polar surface area (TPSA) is 51.8 Å². The zero-order valence-corrected chi connectivity index (χ0v) is 9.48. The van der Waals surface area contributed by atoms with Gasteiger partial charge < -0.3 is 5.73 Å². The zero-order valence-electron chi connectivity index (χ0n) is 8.73. The molecule has 16 heavy (non-hydrogen) atoms. The third kappa shape index (κ3) is 2.21. The molecular weight excluding hydrogens is 222 g/mol. The molecule has 0 unspecified atom stereocenters. The summed E-state index contributed by atoms with van der Waals surface area (Å²) in [6.45, 7) is 0.574. The highest BCUT2D eigenvalue weighted by Gasteiger charge is 2.08. The lowest BCUT2D eigenvalue weighted by atomic mass is 10.1. The Balaban J connectivity index is 2.51. The molecule has 0 spiro atoms. The number of rotatable bonds is 3. The van der Waals surface area contributed by atoms with Crippen LogP contribution in [0.2, 0.25) is 5.02 Å². The lowest BCUT2D eigenvalue weighted by molar-refractivity contribution is 0.945. The van der Waals surface area contributed by atoms with Gasteiger partial charge >= 0.3 is 0 Å². The monoisotopic (exact) mass is 233 g/mol. The summed E-state index contributed by atoms with van der Waals surface area (Å²) < 4.78 is 0. The molecule has 0 aliphatic heterocycles. The van der Waals surface area contributed by atoms with Gasteiger partial charge in [-0.1, -0.05) is 29.8 Å². The molecule has 0 amide bonds. The van der Waals surface area contributed by atoms with Crippen LogP contribution in [0.3, 0.4) is 0 Å². The Kier molecular flexibility index (Phi) is 3.49. The average Bonchev–Trinajstić information content (AvgIpc) is 2.31. The first kappa shape index (κ1) is 11.0. The van der Waals surface area contributed by atoms with Crippen molar-refractivity contribution in [2.75, 3.05) is 6.54 Å². The Morgan fingerprint density at radius 1 is 1.25 bits per heavy atom. The molecule has 0 saturated heterocycles. The molecule has 0 bridgehead atoms. The van der Waals surface area contributed by atoms with Gasteiger partial charge in [0, 0.05) is 16.8 Å². The summed E-state index contributed by atoms with van der Waals surface area (Å²) in [5.41, 5.74) is 8.38. The fourth-order valence-corrected chi connectivity index (χ4v) is 1.82. The van der Waals surface area contributed by atoms with E-state index in [-0.39, 0.29) is 0 Å². The van der Waals surface area contributed by atoms with Crippen LogP contribution < -0.4 is 5.73 Å². The van der Waals surface area contributed by atoms with Gasteiger partial charge in [0.1, 0.15) is 6.33 Å². The van der Waals surface area contributed by atoms with E-state index in [1.807, 2.05) is 24.3 Å². The first-order valence-corrected chi connectivity index (χ1v) is 5.44. The summed E-state index contributed by atoms with van der Waals surface area (Å²) in [7, 11) is 0. The number of hydrogen-bond donors (Lipinski definition) is 1. The zero-order chi connectivity index (χ0) is 11.4. The average molecular weight is 234 g/mol. The van der Waals surface area contributed by atoms with Crippen molar-refractivity contribution in [3.8, 4) is 11.3 Å². The Bertz CT molecular complexity index is 485. The lowest BCUT2D eigenvalue weighted by Crippen LogP contribution is -2.05. The smallest absolute Gasteiger partial charge is 0.116 e. The van der Waals surface area contributed by atoms with E-state index >= 15 is 0 Å². The van der Waals surface area contributed by atoms with Crippen molar-refractivity contribution in [1.29, 1.82) is 0 Å². The van der Waals surface area contributed by atoms with Crippen LogP contribution in [0.5, 0.6) is 0 Å². The number of aromatic nitrogens is 2. The maximum absolute atomic E-state index is 6.14. The Labute approximate surface area is 99.3 Å². The van der Waals surface area contributed by atoms with Crippen LogP contribution in [0, 0.1) is 0 Å². The van der Waals surface area contributed by atoms with E-state index in [1.54, 1.807) is 6.20 Å². The molecule has 0 aliphatic rings. The highest BCUT2D eigenvalue weighted by molar-refractivity contribution is 6.33. The highest BCUT2D eigenvalue weighted by Crippen LogP contribution is 2.27. The van der Waals surface area contributed by atoms with Gasteiger partial charge in [-0.25, -0.2) is 9.97 Å². The van der Waals surface area contributed by atoms with Gasteiger partial charge in [0.2, 0.25) is 0 Å². The SMILES string of the molecule is NCCc1cncnc1-c1ccccc1Cl. The summed E-state index contributed by atoms with van der Waals surface area (Å²) in [5.74, 6) is 0. The number of benzene rings is 1. The molecule has 0 saturated carbocycles. The van der Waals surface area contributed by atoms with Gasteiger partial charge in [-0.3, -0.25) is 0 Å². The summed E-state index contributed by atoms with van der Waals surface area (Å²) in [6, 6.07) is 7.64. The Hall–Kier alpha value is -1.45. The van der Waals surface area contributed by atoms with E-state index in [0.29, 0.717) is 11.6 Å². The highest BCUT2D eigenvalue weighted by atomic mass is 35.5. The maximum Gasteiger partial charge on any atom is 0.116 e. The molecule has 0 atom stereocenters. The van der Waals surface area contributed by atoms with E-state index in [0.717, 1.165) is 23.2 Å². The van der Waals surface area contributed by atoms with Gasteiger partial charge in [0.05, 0.1) is 5.69 Å². The number of nitrogens with two attached hydrogens (primary N) is 1. The van der Waals surface area contributed by atoms with Crippen molar-refractivity contribution in [3.63, 3.8) is 0 Å². The summed E-state index contributed by atoms with van der Waals surface area (Å²) in [5, 5.41) is 0.694. The van der Waals surface area contributed by atoms with Crippen LogP contribution in [0.4, 0.5) is 0 Å². The standard InChI is InChI=1S/C12H12ClN3/c13-11-4-2-1-3-10(11)12-9(5-6-14)7-15-8-16-12/h1-4,7-8H,5-6,14H2. The molecule has 2 aromatic rings. The van der Waals surface area contributed by atoms with Gasteiger partial charge in [-0.2, -0.15) is 0 Å². The number of nitrogens with zero attached hydrogens (tertiary/aromatic N) is 2. The molecule has 3 nitrogen and oxygen atoms in total. The molecule has 82 valence electrons. The normalized spacial score (nSPS) is 10.4. The van der Waals surface area contributed by atoms with E-state index in [9.17, 15) is 0 Å². The largest absolute Gasteiger partial charge is 0.330 e.